The molecular weight excluding hydrogens is 451 g/mol. The third-order valence-electron chi connectivity index (χ3n) is 4.90. The molecule has 4 aromatic rings. The van der Waals surface area contributed by atoms with E-state index in [0.717, 1.165) is 5.56 Å². The predicted molar refractivity (Wildman–Crippen MR) is 124 cm³/mol. The summed E-state index contributed by atoms with van der Waals surface area (Å²) in [7, 11) is -3.09. The maximum atomic E-state index is 13.2. The number of anilines is 1. The van der Waals surface area contributed by atoms with Gasteiger partial charge in [-0.25, -0.2) is 13.4 Å². The second-order valence-corrected chi connectivity index (χ2v) is 10.1. The van der Waals surface area contributed by atoms with Crippen LogP contribution in [0.1, 0.15) is 11.1 Å². The molecule has 4 rings (SSSR count). The number of amides is 1. The zero-order valence-electron chi connectivity index (χ0n) is 17.1. The molecule has 1 amide bonds. The molecule has 1 heterocycles. The average molecular weight is 471 g/mol. The highest BCUT2D eigenvalue weighted by molar-refractivity contribution is 7.92. The summed E-state index contributed by atoms with van der Waals surface area (Å²) in [6.45, 7) is 0.380. The average Bonchev–Trinajstić information content (AvgIpc) is 3.12. The van der Waals surface area contributed by atoms with Crippen LogP contribution in [0.25, 0.3) is 10.9 Å². The molecular formula is C23H20ClFN4O2S. The smallest absolute Gasteiger partial charge is 0.228 e. The Morgan fingerprint density at radius 2 is 1.91 bits per heavy atom. The summed E-state index contributed by atoms with van der Waals surface area (Å²) in [5, 5.41) is 8.37. The number of halogens is 2. The zero-order chi connectivity index (χ0) is 22.9. The van der Waals surface area contributed by atoms with Crippen LogP contribution in [-0.4, -0.2) is 26.2 Å². The van der Waals surface area contributed by atoms with Gasteiger partial charge in [-0.1, -0.05) is 41.9 Å². The molecule has 0 radical (unpaired) electrons. The monoisotopic (exact) mass is 470 g/mol. The van der Waals surface area contributed by atoms with E-state index in [2.05, 4.69) is 10.4 Å². The Bertz CT molecular complexity index is 1420. The molecule has 0 unspecified atom stereocenters. The Hall–Kier alpha value is -3.23. The topological polar surface area (TPSA) is 87.8 Å². The number of hydrogen-bond acceptors (Lipinski definition) is 4. The highest BCUT2D eigenvalue weighted by Crippen LogP contribution is 2.28. The van der Waals surface area contributed by atoms with Gasteiger partial charge in [0.25, 0.3) is 0 Å². The van der Waals surface area contributed by atoms with Gasteiger partial charge in [-0.3, -0.25) is 9.48 Å². The lowest BCUT2D eigenvalue weighted by Crippen LogP contribution is -2.15. The highest BCUT2D eigenvalue weighted by atomic mass is 35.5. The molecule has 0 fully saturated rings. The molecule has 0 saturated carbocycles. The molecule has 32 heavy (non-hydrogen) atoms. The summed E-state index contributed by atoms with van der Waals surface area (Å²) in [4.78, 5) is 12.8. The van der Waals surface area contributed by atoms with Gasteiger partial charge in [-0.15, -0.1) is 0 Å². The third-order valence-corrected chi connectivity index (χ3v) is 6.45. The van der Waals surface area contributed by atoms with Crippen molar-refractivity contribution in [3.05, 3.63) is 88.8 Å². The van der Waals surface area contributed by atoms with Gasteiger partial charge in [0, 0.05) is 28.5 Å². The van der Waals surface area contributed by atoms with Crippen LogP contribution < -0.4 is 5.32 Å². The number of nitrogens with one attached hydrogen (secondary N) is 2. The second kappa shape index (κ2) is 8.72. The quantitative estimate of drug-likeness (QED) is 0.411. The predicted octanol–water partition coefficient (Wildman–Crippen LogP) is 5.09. The van der Waals surface area contributed by atoms with Gasteiger partial charge in [0.05, 0.1) is 33.1 Å². The maximum Gasteiger partial charge on any atom is 0.228 e. The van der Waals surface area contributed by atoms with Crippen LogP contribution in [0, 0.1) is 10.6 Å². The summed E-state index contributed by atoms with van der Waals surface area (Å²) in [5.41, 5.74) is 2.44. The van der Waals surface area contributed by atoms with E-state index in [1.165, 1.54) is 18.4 Å². The normalized spacial score (nSPS) is 13.1. The lowest BCUT2D eigenvalue weighted by atomic mass is 10.1. The van der Waals surface area contributed by atoms with Crippen LogP contribution >= 0.6 is 11.6 Å². The molecule has 0 spiro atoms. The van der Waals surface area contributed by atoms with E-state index in [1.807, 2.05) is 0 Å². The fourth-order valence-electron chi connectivity index (χ4n) is 3.41. The molecule has 164 valence electrons. The molecule has 1 atom stereocenters. The van der Waals surface area contributed by atoms with E-state index in [0.29, 0.717) is 33.7 Å². The second-order valence-electron chi connectivity index (χ2n) is 7.52. The van der Waals surface area contributed by atoms with Gasteiger partial charge in [0.2, 0.25) is 5.91 Å². The number of carbonyl (C=O) groups is 1. The van der Waals surface area contributed by atoms with Crippen molar-refractivity contribution in [2.24, 2.45) is 0 Å². The summed E-state index contributed by atoms with van der Waals surface area (Å²) in [6, 6.07) is 16.4. The van der Waals surface area contributed by atoms with Gasteiger partial charge < -0.3 is 5.32 Å². The van der Waals surface area contributed by atoms with Gasteiger partial charge in [-0.2, -0.15) is 5.10 Å². The minimum atomic E-state index is -3.09. The lowest BCUT2D eigenvalue weighted by molar-refractivity contribution is -0.115. The standard InChI is InChI=1S/C23H20ClFN4O2S/c1-32(26,31)22-12-18(27-23(30)10-16-4-2-3-5-20(16)24)11-21-19(22)14-29(28-21)13-15-6-8-17(25)9-7-15/h2-9,11-12,14,26H,10,13H2,1H3,(H,27,30)/t32-/m1/s1. The summed E-state index contributed by atoms with van der Waals surface area (Å²) >= 11 is 6.14. The van der Waals surface area contributed by atoms with E-state index in [1.54, 1.807) is 59.4 Å². The van der Waals surface area contributed by atoms with Crippen LogP contribution in [0.5, 0.6) is 0 Å². The molecule has 1 aromatic heterocycles. The van der Waals surface area contributed by atoms with E-state index in [-0.39, 0.29) is 23.0 Å². The van der Waals surface area contributed by atoms with E-state index < -0.39 is 9.73 Å². The van der Waals surface area contributed by atoms with Crippen molar-refractivity contribution in [2.75, 3.05) is 11.6 Å². The Balaban J connectivity index is 1.65. The Morgan fingerprint density at radius 3 is 2.59 bits per heavy atom. The van der Waals surface area contributed by atoms with Crippen molar-refractivity contribution in [1.82, 2.24) is 9.78 Å². The minimum Gasteiger partial charge on any atom is -0.326 e. The van der Waals surface area contributed by atoms with Crippen LogP contribution in [0.3, 0.4) is 0 Å². The minimum absolute atomic E-state index is 0.0778. The number of aromatic nitrogens is 2. The first-order valence-corrected chi connectivity index (χ1v) is 12.1. The first kappa shape index (κ1) is 22.0. The van der Waals surface area contributed by atoms with E-state index >= 15 is 0 Å². The van der Waals surface area contributed by atoms with Crippen LogP contribution in [-0.2, 0) is 27.5 Å². The van der Waals surface area contributed by atoms with Crippen LogP contribution in [0.2, 0.25) is 5.02 Å². The van der Waals surface area contributed by atoms with E-state index in [9.17, 15) is 13.4 Å². The van der Waals surface area contributed by atoms with Crippen LogP contribution in [0.4, 0.5) is 10.1 Å². The van der Waals surface area contributed by atoms with Crippen molar-refractivity contribution in [3.63, 3.8) is 0 Å². The SMILES string of the molecule is C[S@@](=N)(=O)c1cc(NC(=O)Cc2ccccc2Cl)cc2nn(Cc3ccc(F)cc3)cc12. The van der Waals surface area contributed by atoms with Gasteiger partial charge in [0.1, 0.15) is 5.82 Å². The summed E-state index contributed by atoms with van der Waals surface area (Å²) in [5.74, 6) is -0.611. The summed E-state index contributed by atoms with van der Waals surface area (Å²) < 4.78 is 35.6. The maximum absolute atomic E-state index is 13.2. The van der Waals surface area contributed by atoms with E-state index in [4.69, 9.17) is 16.4 Å². The highest BCUT2D eigenvalue weighted by Gasteiger charge is 2.16. The molecule has 6 nitrogen and oxygen atoms in total. The molecule has 0 aliphatic rings. The summed E-state index contributed by atoms with van der Waals surface area (Å²) in [6.07, 6.45) is 3.11. The van der Waals surface area contributed by atoms with Crippen LogP contribution in [0.15, 0.2) is 71.8 Å². The number of fused-ring (bicyclic) bond motifs is 1. The molecule has 3 aromatic carbocycles. The number of benzene rings is 3. The third kappa shape index (κ3) is 4.98. The first-order valence-electron chi connectivity index (χ1n) is 9.72. The number of carbonyl (C=O) groups excluding carboxylic acids is 1. The Labute approximate surface area is 190 Å². The zero-order valence-corrected chi connectivity index (χ0v) is 18.7. The van der Waals surface area contributed by atoms with Crippen molar-refractivity contribution >= 4 is 43.8 Å². The van der Waals surface area contributed by atoms with Gasteiger partial charge in [-0.05, 0) is 41.5 Å². The molecule has 0 aliphatic heterocycles. The Morgan fingerprint density at radius 1 is 1.19 bits per heavy atom. The molecule has 0 aliphatic carbocycles. The molecule has 2 N–H and O–H groups in total. The largest absolute Gasteiger partial charge is 0.326 e. The first-order chi connectivity index (χ1) is 15.2. The fraction of sp³-hybridized carbons (Fsp3) is 0.130. The molecule has 0 bridgehead atoms. The van der Waals surface area contributed by atoms with Crippen molar-refractivity contribution in [1.29, 1.82) is 4.78 Å². The van der Waals surface area contributed by atoms with Crippen molar-refractivity contribution in [2.45, 2.75) is 17.9 Å². The van der Waals surface area contributed by atoms with Gasteiger partial charge in [0.15, 0.2) is 0 Å². The number of hydrogen-bond donors (Lipinski definition) is 2. The fourth-order valence-corrected chi connectivity index (χ4v) is 4.54. The number of nitrogens with zero attached hydrogens (tertiary/aromatic N) is 2. The van der Waals surface area contributed by atoms with Crippen molar-refractivity contribution in [3.8, 4) is 0 Å². The lowest BCUT2D eigenvalue weighted by Gasteiger charge is -2.09. The Kier molecular flexibility index (Phi) is 5.99. The van der Waals surface area contributed by atoms with Gasteiger partial charge >= 0.3 is 0 Å². The molecule has 9 heteroatoms. The van der Waals surface area contributed by atoms with Crippen molar-refractivity contribution < 1.29 is 13.4 Å². The number of rotatable bonds is 6. The molecule has 0 saturated heterocycles.